The lowest BCUT2D eigenvalue weighted by Gasteiger charge is -2.36. The van der Waals surface area contributed by atoms with Crippen LogP contribution in [0.15, 0.2) is 79.1 Å². The fourth-order valence-electron chi connectivity index (χ4n) is 4.33. The molecule has 2 heterocycles. The summed E-state index contributed by atoms with van der Waals surface area (Å²) in [5.41, 5.74) is 5.05. The predicted molar refractivity (Wildman–Crippen MR) is 144 cm³/mol. The molecule has 0 bridgehead atoms. The van der Waals surface area contributed by atoms with Gasteiger partial charge in [-0.25, -0.2) is 4.98 Å². The minimum atomic E-state index is -2.06. The minimum absolute atomic E-state index is 0.0188. The standard InChI is InChI=1S/C27H24Cl3N3O4/c28-27(29,30)26(35)32-20-11-9-19(10-12-20)25-36-21(14-33-16-31-22-3-1-2-4-23(22)33)13-24(37-25)18-7-5-17(15-34)6-8-18/h1-12,16,21,24-25,34H,13-15H2,(H,32,35)/t21-,24+,25+/m1/s1. The van der Waals surface area contributed by atoms with Crippen molar-refractivity contribution >= 4 is 57.4 Å². The van der Waals surface area contributed by atoms with Gasteiger partial charge in [0.05, 0.1) is 42.7 Å². The number of nitrogens with zero attached hydrogens (tertiary/aromatic N) is 2. The van der Waals surface area contributed by atoms with Crippen LogP contribution in [0.5, 0.6) is 0 Å². The molecule has 3 aromatic carbocycles. The Labute approximate surface area is 228 Å². The lowest BCUT2D eigenvalue weighted by molar-refractivity contribution is -0.252. The third-order valence-electron chi connectivity index (χ3n) is 6.24. The number of carbonyl (C=O) groups excluding carboxylic acids is 1. The topological polar surface area (TPSA) is 85.6 Å². The van der Waals surface area contributed by atoms with E-state index in [0.717, 1.165) is 27.7 Å². The average molecular weight is 561 g/mol. The first-order valence-corrected chi connectivity index (χ1v) is 12.8. The van der Waals surface area contributed by atoms with Gasteiger partial charge in [-0.2, -0.15) is 0 Å². The largest absolute Gasteiger partial charge is 0.392 e. The van der Waals surface area contributed by atoms with Gasteiger partial charge in [0.25, 0.3) is 9.70 Å². The number of aliphatic hydroxyl groups is 1. The molecule has 1 aromatic heterocycles. The maximum absolute atomic E-state index is 12.0. The Morgan fingerprint density at radius 2 is 1.70 bits per heavy atom. The smallest absolute Gasteiger partial charge is 0.276 e. The van der Waals surface area contributed by atoms with Gasteiger partial charge in [-0.3, -0.25) is 4.79 Å². The number of halogens is 3. The highest BCUT2D eigenvalue weighted by Gasteiger charge is 2.33. The Balaban J connectivity index is 1.39. The maximum atomic E-state index is 12.0. The summed E-state index contributed by atoms with van der Waals surface area (Å²) >= 11 is 16.9. The van der Waals surface area contributed by atoms with E-state index in [1.807, 2.05) is 54.9 Å². The molecule has 0 spiro atoms. The third-order valence-corrected chi connectivity index (χ3v) is 6.76. The molecule has 0 unspecified atom stereocenters. The van der Waals surface area contributed by atoms with E-state index in [4.69, 9.17) is 44.3 Å². The van der Waals surface area contributed by atoms with E-state index in [9.17, 15) is 9.90 Å². The first-order valence-electron chi connectivity index (χ1n) is 11.7. The molecule has 2 N–H and O–H groups in total. The molecule has 4 aromatic rings. The Kier molecular flexibility index (Phi) is 7.72. The number of hydrogen-bond donors (Lipinski definition) is 2. The summed E-state index contributed by atoms with van der Waals surface area (Å²) < 4.78 is 12.8. The van der Waals surface area contributed by atoms with Crippen molar-refractivity contribution in [1.29, 1.82) is 0 Å². The molecule has 0 radical (unpaired) electrons. The SMILES string of the molecule is O=C(Nc1ccc([C@H]2O[C@@H](Cn3cnc4ccccc43)C[C@@H](c3ccc(CO)cc3)O2)cc1)C(Cl)(Cl)Cl. The second-order valence-electron chi connectivity index (χ2n) is 8.81. The molecule has 1 saturated heterocycles. The van der Waals surface area contributed by atoms with E-state index in [0.29, 0.717) is 18.7 Å². The molecular formula is C27H24Cl3N3O4. The van der Waals surface area contributed by atoms with E-state index in [1.54, 1.807) is 24.3 Å². The summed E-state index contributed by atoms with van der Waals surface area (Å²) in [6.45, 7) is 0.581. The van der Waals surface area contributed by atoms with Crippen LogP contribution >= 0.6 is 34.8 Å². The first kappa shape index (κ1) is 26.0. The van der Waals surface area contributed by atoms with Crippen molar-refractivity contribution in [2.24, 2.45) is 0 Å². The summed E-state index contributed by atoms with van der Waals surface area (Å²) in [5, 5.41) is 12.0. The number of carbonyl (C=O) groups is 1. The number of aromatic nitrogens is 2. The molecule has 5 rings (SSSR count). The molecule has 1 aliphatic heterocycles. The van der Waals surface area contributed by atoms with Crippen molar-refractivity contribution in [2.45, 2.75) is 41.9 Å². The van der Waals surface area contributed by atoms with Crippen LogP contribution in [0.25, 0.3) is 11.0 Å². The van der Waals surface area contributed by atoms with Gasteiger partial charge in [0.15, 0.2) is 6.29 Å². The van der Waals surface area contributed by atoms with Crippen molar-refractivity contribution < 1.29 is 19.4 Å². The van der Waals surface area contributed by atoms with Gasteiger partial charge < -0.3 is 24.5 Å². The van der Waals surface area contributed by atoms with E-state index in [2.05, 4.69) is 14.9 Å². The predicted octanol–water partition coefficient (Wildman–Crippen LogP) is 6.08. The summed E-state index contributed by atoms with van der Waals surface area (Å²) in [6, 6.07) is 22.7. The van der Waals surface area contributed by atoms with Crippen molar-refractivity contribution in [1.82, 2.24) is 9.55 Å². The van der Waals surface area contributed by atoms with Crippen LogP contribution in [-0.2, 0) is 27.4 Å². The highest BCUT2D eigenvalue weighted by Crippen LogP contribution is 2.39. The second kappa shape index (κ2) is 11.0. The van der Waals surface area contributed by atoms with E-state index in [-0.39, 0.29) is 18.8 Å². The van der Waals surface area contributed by atoms with Gasteiger partial charge in [-0.15, -0.1) is 0 Å². The quantitative estimate of drug-likeness (QED) is 0.279. The summed E-state index contributed by atoms with van der Waals surface area (Å²) in [7, 11) is 0. The van der Waals surface area contributed by atoms with Gasteiger partial charge in [0.2, 0.25) is 0 Å². The summed E-state index contributed by atoms with van der Waals surface area (Å²) in [4.78, 5) is 16.5. The van der Waals surface area contributed by atoms with E-state index < -0.39 is 16.0 Å². The lowest BCUT2D eigenvalue weighted by Crippen LogP contribution is -2.32. The number of nitrogens with one attached hydrogen (secondary N) is 1. The maximum Gasteiger partial charge on any atom is 0.276 e. The number of imidazole rings is 1. The number of rotatable bonds is 6. The van der Waals surface area contributed by atoms with Crippen LogP contribution in [-0.4, -0.2) is 30.5 Å². The summed E-state index contributed by atoms with van der Waals surface area (Å²) in [6.07, 6.45) is 1.43. The fraction of sp³-hybridized carbons (Fsp3) is 0.259. The highest BCUT2D eigenvalue weighted by molar-refractivity contribution is 6.76. The third kappa shape index (κ3) is 6.09. The molecule has 192 valence electrons. The van der Waals surface area contributed by atoms with Gasteiger partial charge >= 0.3 is 0 Å². The summed E-state index contributed by atoms with van der Waals surface area (Å²) in [5.74, 6) is -0.741. The highest BCUT2D eigenvalue weighted by atomic mass is 35.6. The Morgan fingerprint density at radius 3 is 2.41 bits per heavy atom. The van der Waals surface area contributed by atoms with Crippen molar-refractivity contribution in [3.8, 4) is 0 Å². The monoisotopic (exact) mass is 559 g/mol. The lowest BCUT2D eigenvalue weighted by atomic mass is 10.00. The molecule has 1 aliphatic rings. The number of amides is 1. The number of para-hydroxylation sites is 2. The first-order chi connectivity index (χ1) is 17.8. The molecular weight excluding hydrogens is 537 g/mol. The molecule has 10 heteroatoms. The Hall–Kier alpha value is -2.65. The molecule has 1 fully saturated rings. The van der Waals surface area contributed by atoms with E-state index in [1.165, 1.54) is 0 Å². The van der Waals surface area contributed by atoms with Gasteiger partial charge in [-0.1, -0.05) is 83.3 Å². The van der Waals surface area contributed by atoms with Crippen molar-refractivity contribution in [2.75, 3.05) is 5.32 Å². The van der Waals surface area contributed by atoms with Crippen molar-refractivity contribution in [3.63, 3.8) is 0 Å². The normalized spacial score (nSPS) is 20.2. The number of hydrogen-bond acceptors (Lipinski definition) is 5. The van der Waals surface area contributed by atoms with Gasteiger partial charge in [0, 0.05) is 17.7 Å². The molecule has 1 amide bonds. The van der Waals surface area contributed by atoms with Crippen LogP contribution < -0.4 is 5.32 Å². The van der Waals surface area contributed by atoms with Crippen LogP contribution in [0, 0.1) is 0 Å². The zero-order valence-corrected chi connectivity index (χ0v) is 21.8. The fourth-order valence-corrected chi connectivity index (χ4v) is 4.48. The number of anilines is 1. The molecule has 37 heavy (non-hydrogen) atoms. The van der Waals surface area contributed by atoms with Gasteiger partial charge in [-0.05, 0) is 35.4 Å². The Morgan fingerprint density at radius 1 is 1.00 bits per heavy atom. The molecule has 7 nitrogen and oxygen atoms in total. The van der Waals surface area contributed by atoms with Crippen LogP contribution in [0.3, 0.4) is 0 Å². The zero-order chi connectivity index (χ0) is 26.0. The van der Waals surface area contributed by atoms with Gasteiger partial charge in [0.1, 0.15) is 0 Å². The number of ether oxygens (including phenoxy) is 2. The van der Waals surface area contributed by atoms with Crippen LogP contribution in [0.2, 0.25) is 0 Å². The second-order valence-corrected chi connectivity index (χ2v) is 11.1. The van der Waals surface area contributed by atoms with Crippen LogP contribution in [0.4, 0.5) is 5.69 Å². The number of fused-ring (bicyclic) bond motifs is 1. The number of benzene rings is 3. The molecule has 0 saturated carbocycles. The minimum Gasteiger partial charge on any atom is -0.392 e. The average Bonchev–Trinajstić information content (AvgIpc) is 3.31. The molecule has 0 aliphatic carbocycles. The number of aliphatic hydroxyl groups excluding tert-OH is 1. The van der Waals surface area contributed by atoms with Crippen LogP contribution in [0.1, 0.15) is 35.5 Å². The van der Waals surface area contributed by atoms with Crippen molar-refractivity contribution in [3.05, 3.63) is 95.8 Å². The number of alkyl halides is 3. The molecule has 3 atom stereocenters. The van der Waals surface area contributed by atoms with E-state index >= 15 is 0 Å². The Bertz CT molecular complexity index is 1370. The zero-order valence-electron chi connectivity index (χ0n) is 19.6.